The van der Waals surface area contributed by atoms with Crippen LogP contribution in [0.2, 0.25) is 0 Å². The third-order valence-corrected chi connectivity index (χ3v) is 3.83. The van der Waals surface area contributed by atoms with Crippen LogP contribution in [0.15, 0.2) is 59.6 Å². The number of carbonyl (C=O) groups excluding carboxylic acids is 1. The molecule has 1 heterocycles. The van der Waals surface area contributed by atoms with Crippen LogP contribution in [0, 0.1) is 0 Å². The van der Waals surface area contributed by atoms with Gasteiger partial charge in [0.05, 0.1) is 28.3 Å². The number of aromatic nitrogens is 1. The predicted octanol–water partition coefficient (Wildman–Crippen LogP) is 3.23. The highest BCUT2D eigenvalue weighted by Crippen LogP contribution is 2.26. The highest BCUT2D eigenvalue weighted by Gasteiger charge is 2.11. The zero-order valence-electron chi connectivity index (χ0n) is 12.7. The maximum Gasteiger partial charge on any atom is 0.249 e. The maximum absolute atomic E-state index is 11.8. The van der Waals surface area contributed by atoms with Crippen molar-refractivity contribution in [2.45, 2.75) is 0 Å². The Morgan fingerprint density at radius 3 is 2.46 bits per heavy atom. The van der Waals surface area contributed by atoms with Crippen molar-refractivity contribution in [2.24, 2.45) is 16.5 Å². The number of aliphatic imine (C=N–C) groups is 1. The van der Waals surface area contributed by atoms with Gasteiger partial charge in [0.15, 0.2) is 0 Å². The third kappa shape index (κ3) is 3.21. The Hall–Kier alpha value is -2.92. The standard InChI is InChI=1S/C18H15ClN4O/c19-10-17(20)22-12-7-5-11(6-8-12)16-9-14(18(21)24)13-3-1-2-4-15(13)23-16/h1-9H,10H2,(H2,20,22)(H2,21,24). The van der Waals surface area contributed by atoms with E-state index in [9.17, 15) is 4.79 Å². The number of benzene rings is 2. The van der Waals surface area contributed by atoms with Crippen LogP contribution >= 0.6 is 11.6 Å². The van der Waals surface area contributed by atoms with Crippen LogP contribution in [0.5, 0.6) is 0 Å². The lowest BCUT2D eigenvalue weighted by Crippen LogP contribution is -2.12. The number of halogens is 1. The van der Waals surface area contributed by atoms with Gasteiger partial charge in [-0.05, 0) is 24.3 Å². The first-order valence-corrected chi connectivity index (χ1v) is 7.81. The van der Waals surface area contributed by atoms with Crippen LogP contribution in [0.25, 0.3) is 22.2 Å². The van der Waals surface area contributed by atoms with E-state index in [0.717, 1.165) is 16.5 Å². The summed E-state index contributed by atoms with van der Waals surface area (Å²) in [5.41, 5.74) is 14.5. The highest BCUT2D eigenvalue weighted by molar-refractivity contribution is 6.28. The fraction of sp³-hybridized carbons (Fsp3) is 0.0556. The Morgan fingerprint density at radius 2 is 1.79 bits per heavy atom. The van der Waals surface area contributed by atoms with Gasteiger partial charge in [-0.25, -0.2) is 9.98 Å². The number of hydrogen-bond acceptors (Lipinski definition) is 3. The number of rotatable bonds is 4. The van der Waals surface area contributed by atoms with E-state index in [1.165, 1.54) is 0 Å². The molecule has 120 valence electrons. The van der Waals surface area contributed by atoms with E-state index in [-0.39, 0.29) is 5.88 Å². The van der Waals surface area contributed by atoms with Gasteiger partial charge in [-0.2, -0.15) is 0 Å². The summed E-state index contributed by atoms with van der Waals surface area (Å²) >= 11 is 5.62. The van der Waals surface area contributed by atoms with Crippen molar-refractivity contribution in [3.63, 3.8) is 0 Å². The number of amides is 1. The molecule has 5 nitrogen and oxygen atoms in total. The number of carbonyl (C=O) groups is 1. The van der Waals surface area contributed by atoms with Crippen molar-refractivity contribution in [3.05, 3.63) is 60.2 Å². The van der Waals surface area contributed by atoms with Crippen molar-refractivity contribution in [2.75, 3.05) is 5.88 Å². The summed E-state index contributed by atoms with van der Waals surface area (Å²) < 4.78 is 0. The fourth-order valence-corrected chi connectivity index (χ4v) is 2.49. The average molecular weight is 339 g/mol. The molecule has 0 bridgehead atoms. The van der Waals surface area contributed by atoms with Gasteiger partial charge >= 0.3 is 0 Å². The van der Waals surface area contributed by atoms with Crippen LogP contribution in [0.1, 0.15) is 10.4 Å². The molecule has 0 saturated carbocycles. The monoisotopic (exact) mass is 338 g/mol. The minimum atomic E-state index is -0.481. The Bertz CT molecular complexity index is 935. The lowest BCUT2D eigenvalue weighted by atomic mass is 10.0. The van der Waals surface area contributed by atoms with Crippen molar-refractivity contribution in [1.82, 2.24) is 4.98 Å². The largest absolute Gasteiger partial charge is 0.386 e. The van der Waals surface area contributed by atoms with Gasteiger partial charge in [-0.15, -0.1) is 11.6 Å². The average Bonchev–Trinajstić information content (AvgIpc) is 2.61. The van der Waals surface area contributed by atoms with Gasteiger partial charge in [0.2, 0.25) is 5.91 Å². The Balaban J connectivity index is 2.08. The third-order valence-electron chi connectivity index (χ3n) is 3.55. The molecule has 2 aromatic carbocycles. The molecule has 0 fully saturated rings. The quantitative estimate of drug-likeness (QED) is 0.434. The summed E-state index contributed by atoms with van der Waals surface area (Å²) in [6.45, 7) is 0. The molecule has 0 aliphatic carbocycles. The maximum atomic E-state index is 11.8. The van der Waals surface area contributed by atoms with Gasteiger partial charge in [0.1, 0.15) is 5.84 Å². The number of alkyl halides is 1. The zero-order chi connectivity index (χ0) is 17.1. The Labute approximate surface area is 144 Å². The topological polar surface area (TPSA) is 94.4 Å². The first-order chi connectivity index (χ1) is 11.6. The summed E-state index contributed by atoms with van der Waals surface area (Å²) in [6, 6.07) is 16.5. The highest BCUT2D eigenvalue weighted by atomic mass is 35.5. The molecule has 0 unspecified atom stereocenters. The molecule has 6 heteroatoms. The van der Waals surface area contributed by atoms with E-state index in [2.05, 4.69) is 9.98 Å². The molecule has 1 amide bonds. The summed E-state index contributed by atoms with van der Waals surface area (Å²) in [5.74, 6) is 0.0471. The van der Waals surface area contributed by atoms with Gasteiger partial charge in [0.25, 0.3) is 0 Å². The Kier molecular flexibility index (Phi) is 4.44. The van der Waals surface area contributed by atoms with Crippen LogP contribution in [0.3, 0.4) is 0 Å². The number of hydrogen-bond donors (Lipinski definition) is 2. The molecular weight excluding hydrogens is 324 g/mol. The van der Waals surface area contributed by atoms with Crippen molar-refractivity contribution in [1.29, 1.82) is 0 Å². The minimum Gasteiger partial charge on any atom is -0.386 e. The van der Waals surface area contributed by atoms with Crippen molar-refractivity contribution >= 4 is 39.9 Å². The second-order valence-corrected chi connectivity index (χ2v) is 5.49. The van der Waals surface area contributed by atoms with Crippen LogP contribution < -0.4 is 11.5 Å². The zero-order valence-corrected chi connectivity index (χ0v) is 13.5. The summed E-state index contributed by atoms with van der Waals surface area (Å²) in [5, 5.41) is 0.741. The number of amidine groups is 1. The summed E-state index contributed by atoms with van der Waals surface area (Å²) in [7, 11) is 0. The molecule has 0 aliphatic heterocycles. The van der Waals surface area contributed by atoms with E-state index in [0.29, 0.717) is 22.8 Å². The van der Waals surface area contributed by atoms with E-state index in [1.54, 1.807) is 6.07 Å². The molecular formula is C18H15ClN4O. The molecule has 24 heavy (non-hydrogen) atoms. The van der Waals surface area contributed by atoms with Crippen LogP contribution in [-0.4, -0.2) is 22.6 Å². The van der Waals surface area contributed by atoms with Gasteiger partial charge in [-0.1, -0.05) is 30.3 Å². The molecule has 4 N–H and O–H groups in total. The number of nitrogens with two attached hydrogens (primary N) is 2. The van der Waals surface area contributed by atoms with E-state index in [4.69, 9.17) is 23.1 Å². The molecule has 0 saturated heterocycles. The molecule has 0 aliphatic rings. The van der Waals surface area contributed by atoms with Crippen LogP contribution in [-0.2, 0) is 0 Å². The molecule has 1 aromatic heterocycles. The fourth-order valence-electron chi connectivity index (χ4n) is 2.43. The van der Waals surface area contributed by atoms with Gasteiger partial charge < -0.3 is 11.5 Å². The number of nitrogens with zero attached hydrogens (tertiary/aromatic N) is 2. The van der Waals surface area contributed by atoms with Gasteiger partial charge in [-0.3, -0.25) is 4.79 Å². The lowest BCUT2D eigenvalue weighted by molar-refractivity contribution is 0.100. The molecule has 0 radical (unpaired) electrons. The molecule has 0 spiro atoms. The number of para-hydroxylation sites is 1. The molecule has 0 atom stereocenters. The van der Waals surface area contributed by atoms with E-state index in [1.807, 2.05) is 48.5 Å². The van der Waals surface area contributed by atoms with E-state index >= 15 is 0 Å². The van der Waals surface area contributed by atoms with E-state index < -0.39 is 5.91 Å². The van der Waals surface area contributed by atoms with Gasteiger partial charge in [0, 0.05) is 10.9 Å². The summed E-state index contributed by atoms with van der Waals surface area (Å²) in [4.78, 5) is 20.5. The van der Waals surface area contributed by atoms with Crippen LogP contribution in [0.4, 0.5) is 5.69 Å². The number of primary amides is 1. The Morgan fingerprint density at radius 1 is 1.08 bits per heavy atom. The summed E-state index contributed by atoms with van der Waals surface area (Å²) in [6.07, 6.45) is 0. The van der Waals surface area contributed by atoms with Crippen molar-refractivity contribution < 1.29 is 4.79 Å². The number of pyridine rings is 1. The first kappa shape index (κ1) is 16.0. The van der Waals surface area contributed by atoms with Crippen molar-refractivity contribution in [3.8, 4) is 11.3 Å². The second kappa shape index (κ2) is 6.68. The minimum absolute atomic E-state index is 0.177. The number of fused-ring (bicyclic) bond motifs is 1. The second-order valence-electron chi connectivity index (χ2n) is 5.22. The molecule has 3 aromatic rings. The SMILES string of the molecule is NC(=O)c1cc(-c2ccc(N=C(N)CCl)cc2)nc2ccccc12. The lowest BCUT2D eigenvalue weighted by Gasteiger charge is -2.08. The smallest absolute Gasteiger partial charge is 0.249 e. The predicted molar refractivity (Wildman–Crippen MR) is 97.7 cm³/mol. The first-order valence-electron chi connectivity index (χ1n) is 7.27. The normalized spacial score (nSPS) is 11.6. The molecule has 3 rings (SSSR count).